The fraction of sp³-hybridized carbons (Fsp3) is 0.318. The highest BCUT2D eigenvalue weighted by Gasteiger charge is 2.28. The van der Waals surface area contributed by atoms with Crippen LogP contribution in [0.3, 0.4) is 0 Å². The number of hydrogen-bond donors (Lipinski definition) is 1. The first-order chi connectivity index (χ1) is 14.2. The molecule has 1 saturated heterocycles. The number of para-hydroxylation sites is 3. The Balaban J connectivity index is 1.38. The molecular formula is C22H25N5O2. The number of carbonyl (C=O) groups excluding carboxylic acids is 1. The van der Waals surface area contributed by atoms with Crippen molar-refractivity contribution in [2.75, 3.05) is 25.0 Å². The summed E-state index contributed by atoms with van der Waals surface area (Å²) in [6.07, 6.45) is 3.48. The van der Waals surface area contributed by atoms with E-state index in [4.69, 9.17) is 4.74 Å². The summed E-state index contributed by atoms with van der Waals surface area (Å²) in [5.74, 6) is 1.97. The molecule has 29 heavy (non-hydrogen) atoms. The lowest BCUT2D eigenvalue weighted by Crippen LogP contribution is -2.33. The molecule has 1 aliphatic rings. The van der Waals surface area contributed by atoms with E-state index in [-0.39, 0.29) is 6.03 Å². The maximum absolute atomic E-state index is 12.7. The van der Waals surface area contributed by atoms with Crippen LogP contribution in [-0.4, -0.2) is 45.4 Å². The van der Waals surface area contributed by atoms with Gasteiger partial charge in [-0.1, -0.05) is 30.3 Å². The number of nitrogens with one attached hydrogen (secondary N) is 1. The van der Waals surface area contributed by atoms with Gasteiger partial charge >= 0.3 is 6.03 Å². The molecule has 1 fully saturated rings. The quantitative estimate of drug-likeness (QED) is 0.694. The van der Waals surface area contributed by atoms with Crippen molar-refractivity contribution in [3.8, 4) is 11.4 Å². The number of hydrogen-bond acceptors (Lipinski definition) is 4. The number of urea groups is 1. The van der Waals surface area contributed by atoms with E-state index in [9.17, 15) is 4.79 Å². The van der Waals surface area contributed by atoms with Crippen LogP contribution in [0.1, 0.15) is 19.2 Å². The van der Waals surface area contributed by atoms with Gasteiger partial charge in [0.25, 0.3) is 0 Å². The van der Waals surface area contributed by atoms with Crippen molar-refractivity contribution >= 4 is 11.7 Å². The first-order valence-corrected chi connectivity index (χ1v) is 9.96. The molecule has 1 aliphatic heterocycles. The zero-order chi connectivity index (χ0) is 20.1. The molecule has 0 spiro atoms. The second kappa shape index (κ2) is 8.77. The first kappa shape index (κ1) is 19.0. The summed E-state index contributed by atoms with van der Waals surface area (Å²) in [4.78, 5) is 14.6. The average Bonchev–Trinajstić information content (AvgIpc) is 3.40. The predicted octanol–water partition coefficient (Wildman–Crippen LogP) is 3.76. The SMILES string of the molecule is CCOc1ccccc1NC(=O)N1CCC(Cc2nncn2-c2ccccc2)C1. The lowest BCUT2D eigenvalue weighted by molar-refractivity contribution is 0.220. The summed E-state index contributed by atoms with van der Waals surface area (Å²) in [6.45, 7) is 3.91. The van der Waals surface area contributed by atoms with Gasteiger partial charge in [0, 0.05) is 25.2 Å². The molecule has 0 bridgehead atoms. The highest BCUT2D eigenvalue weighted by atomic mass is 16.5. The normalized spacial score (nSPS) is 16.0. The van der Waals surface area contributed by atoms with E-state index in [0.717, 1.165) is 30.9 Å². The van der Waals surface area contributed by atoms with E-state index in [2.05, 4.69) is 15.5 Å². The van der Waals surface area contributed by atoms with Gasteiger partial charge in [-0.2, -0.15) is 0 Å². The number of likely N-dealkylation sites (tertiary alicyclic amines) is 1. The number of aromatic nitrogens is 3. The Morgan fingerprint density at radius 3 is 2.79 bits per heavy atom. The molecule has 3 aromatic rings. The van der Waals surface area contributed by atoms with Crippen LogP contribution < -0.4 is 10.1 Å². The molecule has 0 radical (unpaired) electrons. The molecule has 0 aliphatic carbocycles. The Bertz CT molecular complexity index is 957. The molecule has 4 rings (SSSR count). The molecular weight excluding hydrogens is 366 g/mol. The molecule has 1 atom stereocenters. The molecule has 1 aromatic heterocycles. The fourth-order valence-electron chi connectivity index (χ4n) is 3.69. The van der Waals surface area contributed by atoms with Gasteiger partial charge in [0.1, 0.15) is 17.9 Å². The van der Waals surface area contributed by atoms with Crippen LogP contribution in [-0.2, 0) is 6.42 Å². The second-order valence-corrected chi connectivity index (χ2v) is 7.12. The zero-order valence-electron chi connectivity index (χ0n) is 16.5. The smallest absolute Gasteiger partial charge is 0.321 e. The summed E-state index contributed by atoms with van der Waals surface area (Å²) in [7, 11) is 0. The van der Waals surface area contributed by atoms with Gasteiger partial charge in [0.2, 0.25) is 0 Å². The minimum Gasteiger partial charge on any atom is -0.492 e. The molecule has 1 unspecified atom stereocenters. The molecule has 2 aromatic carbocycles. The van der Waals surface area contributed by atoms with Gasteiger partial charge in [-0.15, -0.1) is 10.2 Å². The summed E-state index contributed by atoms with van der Waals surface area (Å²) < 4.78 is 7.61. The van der Waals surface area contributed by atoms with E-state index >= 15 is 0 Å². The van der Waals surface area contributed by atoms with Gasteiger partial charge in [-0.25, -0.2) is 4.79 Å². The van der Waals surface area contributed by atoms with Crippen molar-refractivity contribution in [3.63, 3.8) is 0 Å². The Morgan fingerprint density at radius 2 is 1.97 bits per heavy atom. The number of rotatable bonds is 6. The van der Waals surface area contributed by atoms with Crippen molar-refractivity contribution in [2.24, 2.45) is 5.92 Å². The largest absolute Gasteiger partial charge is 0.492 e. The number of anilines is 1. The molecule has 150 valence electrons. The molecule has 0 saturated carbocycles. The number of benzene rings is 2. The Kier molecular flexibility index (Phi) is 5.74. The van der Waals surface area contributed by atoms with Crippen molar-refractivity contribution in [1.82, 2.24) is 19.7 Å². The molecule has 7 nitrogen and oxygen atoms in total. The van der Waals surface area contributed by atoms with Crippen LogP contribution in [0.15, 0.2) is 60.9 Å². The van der Waals surface area contributed by atoms with Crippen LogP contribution in [0.2, 0.25) is 0 Å². The van der Waals surface area contributed by atoms with Crippen LogP contribution in [0, 0.1) is 5.92 Å². The molecule has 7 heteroatoms. The van der Waals surface area contributed by atoms with Crippen molar-refractivity contribution in [2.45, 2.75) is 19.8 Å². The van der Waals surface area contributed by atoms with Crippen LogP contribution in [0.5, 0.6) is 5.75 Å². The standard InChI is InChI=1S/C22H25N5O2/c1-2-29-20-11-7-6-10-19(20)24-22(28)26-13-12-17(15-26)14-21-25-23-16-27(21)18-8-4-3-5-9-18/h3-11,16-17H,2,12-15H2,1H3,(H,24,28). The Labute approximate surface area is 170 Å². The van der Waals surface area contributed by atoms with E-state index in [1.807, 2.05) is 71.0 Å². The van der Waals surface area contributed by atoms with Crippen LogP contribution in [0.25, 0.3) is 5.69 Å². The van der Waals surface area contributed by atoms with Crippen molar-refractivity contribution in [3.05, 3.63) is 66.7 Å². The molecule has 2 heterocycles. The Morgan fingerprint density at radius 1 is 1.17 bits per heavy atom. The summed E-state index contributed by atoms with van der Waals surface area (Å²) >= 11 is 0. The van der Waals surface area contributed by atoms with E-state index in [1.54, 1.807) is 6.33 Å². The number of nitrogens with zero attached hydrogens (tertiary/aromatic N) is 4. The lowest BCUT2D eigenvalue weighted by Gasteiger charge is -2.19. The van der Waals surface area contributed by atoms with Gasteiger partial charge in [-0.3, -0.25) is 4.57 Å². The summed E-state index contributed by atoms with van der Waals surface area (Å²) in [5.41, 5.74) is 1.75. The van der Waals surface area contributed by atoms with E-state index in [0.29, 0.717) is 30.5 Å². The van der Waals surface area contributed by atoms with Crippen LogP contribution in [0.4, 0.5) is 10.5 Å². The third-order valence-corrected chi connectivity index (χ3v) is 5.13. The topological polar surface area (TPSA) is 72.3 Å². The average molecular weight is 391 g/mol. The summed E-state index contributed by atoms with van der Waals surface area (Å²) in [6, 6.07) is 17.5. The molecule has 2 amide bonds. The number of ether oxygens (including phenoxy) is 1. The third kappa shape index (κ3) is 4.39. The third-order valence-electron chi connectivity index (χ3n) is 5.13. The number of amides is 2. The predicted molar refractivity (Wildman–Crippen MR) is 111 cm³/mol. The lowest BCUT2D eigenvalue weighted by atomic mass is 10.0. The minimum atomic E-state index is -0.0934. The first-order valence-electron chi connectivity index (χ1n) is 9.96. The number of carbonyl (C=O) groups is 1. The second-order valence-electron chi connectivity index (χ2n) is 7.12. The molecule has 1 N–H and O–H groups in total. The van der Waals surface area contributed by atoms with Gasteiger partial charge in [0.15, 0.2) is 0 Å². The van der Waals surface area contributed by atoms with Crippen molar-refractivity contribution in [1.29, 1.82) is 0 Å². The van der Waals surface area contributed by atoms with Crippen LogP contribution >= 0.6 is 0 Å². The van der Waals surface area contributed by atoms with Gasteiger partial charge in [0.05, 0.1) is 12.3 Å². The maximum Gasteiger partial charge on any atom is 0.321 e. The fourth-order valence-corrected chi connectivity index (χ4v) is 3.69. The maximum atomic E-state index is 12.7. The van der Waals surface area contributed by atoms with E-state index < -0.39 is 0 Å². The van der Waals surface area contributed by atoms with Gasteiger partial charge < -0.3 is 15.0 Å². The van der Waals surface area contributed by atoms with Gasteiger partial charge in [-0.05, 0) is 43.5 Å². The summed E-state index contributed by atoms with van der Waals surface area (Å²) in [5, 5.41) is 11.4. The highest BCUT2D eigenvalue weighted by molar-refractivity contribution is 5.91. The minimum absolute atomic E-state index is 0.0934. The monoisotopic (exact) mass is 391 g/mol. The zero-order valence-corrected chi connectivity index (χ0v) is 16.5. The Hall–Kier alpha value is -3.35. The van der Waals surface area contributed by atoms with E-state index in [1.165, 1.54) is 0 Å². The highest BCUT2D eigenvalue weighted by Crippen LogP contribution is 2.26. The van der Waals surface area contributed by atoms with Crippen molar-refractivity contribution < 1.29 is 9.53 Å².